The van der Waals surface area contributed by atoms with Crippen LogP contribution in [-0.4, -0.2) is 96.8 Å². The van der Waals surface area contributed by atoms with E-state index in [9.17, 15) is 44.9 Å². The molecule has 1 saturated carbocycles. The van der Waals surface area contributed by atoms with Crippen LogP contribution in [0.15, 0.2) is 0 Å². The molecule has 0 aromatic rings. The third-order valence-corrected chi connectivity index (χ3v) is 17.4. The predicted molar refractivity (Wildman–Crippen MR) is 315 cm³/mol. The van der Waals surface area contributed by atoms with Gasteiger partial charge in [0.15, 0.2) is 0 Å². The van der Waals surface area contributed by atoms with Crippen LogP contribution in [0.2, 0.25) is 0 Å². The number of nitrogens with one attached hydrogen (secondary N) is 1. The first-order valence-corrected chi connectivity index (χ1v) is 34.5. The Hall–Kier alpha value is -0.660. The zero-order valence-electron chi connectivity index (χ0n) is 49.6. The highest BCUT2D eigenvalue weighted by Gasteiger charge is 2.51. The van der Waals surface area contributed by atoms with Crippen LogP contribution in [0, 0.1) is 0 Å². The van der Waals surface area contributed by atoms with E-state index in [1.807, 2.05) is 0 Å². The van der Waals surface area contributed by atoms with E-state index in [-0.39, 0.29) is 12.3 Å². The standard InChI is InChI=1S/C63H126NO11P/c1-3-5-7-9-11-13-15-17-19-20-21-22-23-24-25-26-27-28-29-30-31-32-33-34-35-36-37-38-39-41-43-45-47-49-51-53-57(66)64-55(54-74-76(72,73)75-63-61(70)59(68)58(67)60(69)62(63)71)56(65)52-50-48-46-44-42-40-18-16-14-12-10-8-6-4-2/h55-56,58-63,65,67-71H,3-54H2,1-2H3,(H,64,66)(H,72,73)/t55-,56+,58?,59+,60?,61?,62?,63?/m0/s1. The van der Waals surface area contributed by atoms with Gasteiger partial charge in [-0.2, -0.15) is 0 Å². The molecule has 454 valence electrons. The fraction of sp³-hybridized carbons (Fsp3) is 0.984. The van der Waals surface area contributed by atoms with Gasteiger partial charge in [0, 0.05) is 6.42 Å². The van der Waals surface area contributed by atoms with Crippen LogP contribution in [0.5, 0.6) is 0 Å². The molecule has 0 spiro atoms. The minimum atomic E-state index is -5.06. The largest absolute Gasteiger partial charge is 0.472 e. The molecule has 0 heterocycles. The number of amides is 1. The van der Waals surface area contributed by atoms with Gasteiger partial charge in [-0.15, -0.1) is 0 Å². The van der Waals surface area contributed by atoms with Crippen LogP contribution in [0.1, 0.15) is 341 Å². The van der Waals surface area contributed by atoms with Crippen molar-refractivity contribution in [2.24, 2.45) is 0 Å². The first-order valence-electron chi connectivity index (χ1n) is 33.0. The molecule has 1 aliphatic rings. The Morgan fingerprint density at radius 1 is 0.395 bits per heavy atom. The van der Waals surface area contributed by atoms with Gasteiger partial charge in [-0.1, -0.05) is 322 Å². The Morgan fingerprint density at radius 3 is 0.908 bits per heavy atom. The van der Waals surface area contributed by atoms with E-state index in [2.05, 4.69) is 19.2 Å². The summed E-state index contributed by atoms with van der Waals surface area (Å²) >= 11 is 0. The van der Waals surface area contributed by atoms with E-state index in [0.717, 1.165) is 38.5 Å². The number of unbranched alkanes of at least 4 members (excludes halogenated alkanes) is 47. The fourth-order valence-corrected chi connectivity index (χ4v) is 12.1. The summed E-state index contributed by atoms with van der Waals surface area (Å²) in [6.07, 6.45) is 51.8. The molecule has 0 radical (unpaired) electrons. The maximum absolute atomic E-state index is 13.1. The smallest absolute Gasteiger partial charge is 0.391 e. The SMILES string of the molecule is CCCCCCCCCCCCCCCCCCCCCCCCCCCCCCCCCCCCCC(=O)N[C@@H](COP(=O)(O)OC1C(O)C(O)C(O)[C@@H](O)C1O)[C@H](O)CCCCCCCCCCCCCCCC. The molecule has 0 saturated heterocycles. The van der Waals surface area contributed by atoms with Crippen molar-refractivity contribution >= 4 is 13.7 Å². The molecule has 1 amide bonds. The van der Waals surface area contributed by atoms with E-state index >= 15 is 0 Å². The molecule has 8 N–H and O–H groups in total. The monoisotopic (exact) mass is 1100 g/mol. The lowest BCUT2D eigenvalue weighted by Crippen LogP contribution is -2.64. The normalized spacial score (nSPS) is 20.5. The lowest BCUT2D eigenvalue weighted by molar-refractivity contribution is -0.220. The third kappa shape index (κ3) is 42.2. The summed E-state index contributed by atoms with van der Waals surface area (Å²) in [5.74, 6) is -0.299. The van der Waals surface area contributed by atoms with Gasteiger partial charge >= 0.3 is 7.82 Å². The number of hydrogen-bond donors (Lipinski definition) is 8. The second-order valence-corrected chi connectivity index (χ2v) is 25.1. The van der Waals surface area contributed by atoms with E-state index in [1.54, 1.807) is 0 Å². The zero-order valence-corrected chi connectivity index (χ0v) is 50.5. The zero-order chi connectivity index (χ0) is 55.6. The Bertz CT molecular complexity index is 1280. The van der Waals surface area contributed by atoms with Crippen molar-refractivity contribution in [1.29, 1.82) is 0 Å². The maximum Gasteiger partial charge on any atom is 0.472 e. The van der Waals surface area contributed by atoms with Crippen LogP contribution < -0.4 is 5.32 Å². The molecule has 12 nitrogen and oxygen atoms in total. The summed E-state index contributed by atoms with van der Waals surface area (Å²) in [7, 11) is -5.06. The quantitative estimate of drug-likeness (QED) is 0.0212. The fourth-order valence-electron chi connectivity index (χ4n) is 11.1. The Morgan fingerprint density at radius 2 is 0.632 bits per heavy atom. The molecular formula is C63H126NO11P. The highest BCUT2D eigenvalue weighted by atomic mass is 31.2. The number of aliphatic hydroxyl groups excluding tert-OH is 6. The highest BCUT2D eigenvalue weighted by Crippen LogP contribution is 2.47. The maximum atomic E-state index is 13.1. The van der Waals surface area contributed by atoms with Crippen molar-refractivity contribution < 1.29 is 53.9 Å². The van der Waals surface area contributed by atoms with Crippen LogP contribution in [0.4, 0.5) is 0 Å². The number of phosphoric ester groups is 1. The Kier molecular flexibility index (Phi) is 50.6. The number of aliphatic hydroxyl groups is 6. The van der Waals surface area contributed by atoms with Crippen molar-refractivity contribution in [2.45, 2.75) is 390 Å². The van der Waals surface area contributed by atoms with Gasteiger partial charge in [-0.05, 0) is 12.8 Å². The minimum Gasteiger partial charge on any atom is -0.391 e. The summed E-state index contributed by atoms with van der Waals surface area (Å²) in [6, 6.07) is -1.03. The Labute approximate surface area is 467 Å². The summed E-state index contributed by atoms with van der Waals surface area (Å²) in [4.78, 5) is 23.6. The lowest BCUT2D eigenvalue weighted by atomic mass is 9.85. The molecule has 9 atom stereocenters. The molecule has 1 aliphatic carbocycles. The first kappa shape index (κ1) is 73.4. The summed E-state index contributed by atoms with van der Waals surface area (Å²) in [6.45, 7) is 3.95. The third-order valence-electron chi connectivity index (χ3n) is 16.4. The van der Waals surface area contributed by atoms with Gasteiger partial charge < -0.3 is 40.8 Å². The predicted octanol–water partition coefficient (Wildman–Crippen LogP) is 16.1. The van der Waals surface area contributed by atoms with Gasteiger partial charge in [0.25, 0.3) is 0 Å². The topological polar surface area (TPSA) is 206 Å². The van der Waals surface area contributed by atoms with Crippen molar-refractivity contribution in [1.82, 2.24) is 5.32 Å². The average molecular weight is 1100 g/mol. The second kappa shape index (κ2) is 52.4. The van der Waals surface area contributed by atoms with Gasteiger partial charge in [0.05, 0.1) is 18.8 Å². The Balaban J connectivity index is 2.14. The number of carbonyl (C=O) groups is 1. The molecule has 0 aliphatic heterocycles. The molecule has 0 aromatic carbocycles. The highest BCUT2D eigenvalue weighted by molar-refractivity contribution is 7.47. The molecule has 0 bridgehead atoms. The number of hydrogen-bond acceptors (Lipinski definition) is 10. The molecule has 6 unspecified atom stereocenters. The van der Waals surface area contributed by atoms with E-state index in [1.165, 1.54) is 263 Å². The van der Waals surface area contributed by atoms with Crippen LogP contribution in [0.25, 0.3) is 0 Å². The minimum absolute atomic E-state index is 0.244. The van der Waals surface area contributed by atoms with Crippen molar-refractivity contribution in [2.75, 3.05) is 6.61 Å². The van der Waals surface area contributed by atoms with E-state index in [0.29, 0.717) is 19.3 Å². The number of carbonyl (C=O) groups excluding carboxylic acids is 1. The number of phosphoric acid groups is 1. The van der Waals surface area contributed by atoms with Gasteiger partial charge in [-0.3, -0.25) is 13.8 Å². The van der Waals surface area contributed by atoms with Crippen LogP contribution >= 0.6 is 7.82 Å². The molecule has 76 heavy (non-hydrogen) atoms. The van der Waals surface area contributed by atoms with Crippen molar-refractivity contribution in [3.8, 4) is 0 Å². The second-order valence-electron chi connectivity index (χ2n) is 23.7. The summed E-state index contributed by atoms with van der Waals surface area (Å²) in [5.41, 5.74) is 0. The summed E-state index contributed by atoms with van der Waals surface area (Å²) < 4.78 is 23.1. The first-order chi connectivity index (χ1) is 36.9. The van der Waals surface area contributed by atoms with Crippen molar-refractivity contribution in [3.05, 3.63) is 0 Å². The average Bonchev–Trinajstić information content (AvgIpc) is 3.41. The van der Waals surface area contributed by atoms with Gasteiger partial charge in [0.2, 0.25) is 5.91 Å². The molecule has 13 heteroatoms. The summed E-state index contributed by atoms with van der Waals surface area (Å²) in [5, 5.41) is 64.5. The molecular weight excluding hydrogens is 978 g/mol. The van der Waals surface area contributed by atoms with Crippen molar-refractivity contribution in [3.63, 3.8) is 0 Å². The van der Waals surface area contributed by atoms with E-state index in [4.69, 9.17) is 9.05 Å². The van der Waals surface area contributed by atoms with Crippen LogP contribution in [0.3, 0.4) is 0 Å². The lowest BCUT2D eigenvalue weighted by Gasteiger charge is -2.41. The molecule has 1 fully saturated rings. The molecule has 1 rings (SSSR count). The molecule has 0 aromatic heterocycles. The van der Waals surface area contributed by atoms with Gasteiger partial charge in [0.1, 0.15) is 36.6 Å². The van der Waals surface area contributed by atoms with E-state index < -0.39 is 63.2 Å². The van der Waals surface area contributed by atoms with Gasteiger partial charge in [-0.25, -0.2) is 4.57 Å². The van der Waals surface area contributed by atoms with Crippen LogP contribution in [-0.2, 0) is 18.4 Å². The number of rotatable bonds is 58.